The molecule has 0 N–H and O–H groups in total. The fourth-order valence-corrected chi connectivity index (χ4v) is 8.47. The minimum atomic E-state index is -0.101. The summed E-state index contributed by atoms with van der Waals surface area (Å²) in [5, 5.41) is 4.51. The lowest BCUT2D eigenvalue weighted by Crippen LogP contribution is -2.14. The Labute approximate surface area is 305 Å². The molecular formula is C48H32N4O. The molecule has 1 aliphatic carbocycles. The van der Waals surface area contributed by atoms with Crippen LogP contribution in [0, 0.1) is 0 Å². The molecule has 5 nitrogen and oxygen atoms in total. The van der Waals surface area contributed by atoms with Gasteiger partial charge in [0.25, 0.3) is 0 Å². The average Bonchev–Trinajstić information content (AvgIpc) is 3.82. The van der Waals surface area contributed by atoms with E-state index >= 15 is 0 Å². The molecule has 3 heterocycles. The van der Waals surface area contributed by atoms with Gasteiger partial charge in [-0.3, -0.25) is 4.57 Å². The first kappa shape index (κ1) is 29.8. The third kappa shape index (κ3) is 4.40. The Hall–Kier alpha value is -6.85. The summed E-state index contributed by atoms with van der Waals surface area (Å²) < 4.78 is 9.01. The van der Waals surface area contributed by atoms with Crippen molar-refractivity contribution in [1.29, 1.82) is 0 Å². The molecule has 0 atom stereocenters. The van der Waals surface area contributed by atoms with Crippen LogP contribution < -0.4 is 0 Å². The molecule has 7 aromatic carbocycles. The lowest BCUT2D eigenvalue weighted by molar-refractivity contribution is 0.648. The number of fused-ring (bicyclic) bond motifs is 9. The summed E-state index contributed by atoms with van der Waals surface area (Å²) in [4.78, 5) is 15.2. The quantitative estimate of drug-likeness (QED) is 0.186. The van der Waals surface area contributed by atoms with Crippen molar-refractivity contribution in [2.45, 2.75) is 19.3 Å². The molecule has 1 aliphatic rings. The summed E-state index contributed by atoms with van der Waals surface area (Å²) in [6, 6.07) is 55.3. The maximum atomic E-state index is 6.83. The average molecular weight is 681 g/mol. The molecule has 0 spiro atoms. The molecule has 53 heavy (non-hydrogen) atoms. The van der Waals surface area contributed by atoms with Gasteiger partial charge in [0.05, 0.1) is 11.0 Å². The van der Waals surface area contributed by atoms with Gasteiger partial charge in [0.15, 0.2) is 11.6 Å². The van der Waals surface area contributed by atoms with E-state index in [2.05, 4.69) is 115 Å². The first-order valence-corrected chi connectivity index (χ1v) is 18.0. The number of para-hydroxylation sites is 2. The molecule has 0 radical (unpaired) electrons. The molecule has 3 aromatic heterocycles. The molecule has 0 bridgehead atoms. The Kier molecular flexibility index (Phi) is 6.23. The van der Waals surface area contributed by atoms with E-state index in [1.54, 1.807) is 0 Å². The zero-order valence-corrected chi connectivity index (χ0v) is 29.2. The number of hydrogen-bond acceptors (Lipinski definition) is 4. The highest BCUT2D eigenvalue weighted by Gasteiger charge is 2.36. The third-order valence-electron chi connectivity index (χ3n) is 11.1. The molecule has 11 rings (SSSR count). The van der Waals surface area contributed by atoms with E-state index < -0.39 is 0 Å². The van der Waals surface area contributed by atoms with Gasteiger partial charge >= 0.3 is 0 Å². The summed E-state index contributed by atoms with van der Waals surface area (Å²) in [5.41, 5.74) is 13.0. The fraction of sp³-hybridized carbons (Fsp3) is 0.0625. The van der Waals surface area contributed by atoms with Crippen LogP contribution in [-0.2, 0) is 5.41 Å². The number of hydrogen-bond donors (Lipinski definition) is 0. The Morgan fingerprint density at radius 1 is 0.453 bits per heavy atom. The Balaban J connectivity index is 1.14. The van der Waals surface area contributed by atoms with Crippen molar-refractivity contribution in [2.75, 3.05) is 0 Å². The van der Waals surface area contributed by atoms with Crippen LogP contribution in [0.1, 0.15) is 25.0 Å². The van der Waals surface area contributed by atoms with Gasteiger partial charge in [-0.25, -0.2) is 4.98 Å². The fourth-order valence-electron chi connectivity index (χ4n) is 8.47. The molecule has 0 saturated heterocycles. The highest BCUT2D eigenvalue weighted by Crippen LogP contribution is 2.51. The molecular weight excluding hydrogens is 649 g/mol. The Morgan fingerprint density at radius 2 is 1.09 bits per heavy atom. The number of furan rings is 1. The Bertz CT molecular complexity index is 3020. The highest BCUT2D eigenvalue weighted by atomic mass is 16.3. The van der Waals surface area contributed by atoms with Crippen LogP contribution >= 0.6 is 0 Å². The predicted octanol–water partition coefficient (Wildman–Crippen LogP) is 12.2. The highest BCUT2D eigenvalue weighted by molar-refractivity contribution is 6.13. The van der Waals surface area contributed by atoms with Crippen molar-refractivity contribution < 1.29 is 4.42 Å². The largest absolute Gasteiger partial charge is 0.455 e. The summed E-state index contributed by atoms with van der Waals surface area (Å²) in [6.45, 7) is 4.62. The van der Waals surface area contributed by atoms with Gasteiger partial charge in [0.2, 0.25) is 5.95 Å². The van der Waals surface area contributed by atoms with E-state index in [-0.39, 0.29) is 5.41 Å². The van der Waals surface area contributed by atoms with Crippen LogP contribution in [0.3, 0.4) is 0 Å². The van der Waals surface area contributed by atoms with Gasteiger partial charge in [-0.05, 0) is 52.1 Å². The molecule has 250 valence electrons. The van der Waals surface area contributed by atoms with Gasteiger partial charge in [-0.1, -0.05) is 147 Å². The van der Waals surface area contributed by atoms with Crippen molar-refractivity contribution in [3.63, 3.8) is 0 Å². The third-order valence-corrected chi connectivity index (χ3v) is 11.1. The van der Waals surface area contributed by atoms with Crippen LogP contribution in [0.25, 0.3) is 94.7 Å². The lowest BCUT2D eigenvalue weighted by Gasteiger charge is -2.21. The minimum Gasteiger partial charge on any atom is -0.455 e. The normalized spacial score (nSPS) is 13.2. The van der Waals surface area contributed by atoms with Crippen LogP contribution in [-0.4, -0.2) is 19.5 Å². The van der Waals surface area contributed by atoms with Crippen molar-refractivity contribution in [2.24, 2.45) is 0 Å². The molecule has 5 heteroatoms. The standard InChI is InChI=1S/C48H32N4O/c1-48(2)39-22-11-9-18-33(39)37-27-38-36-21-13-20-32(44(36)53-43(38)28-40(37)48)31-24-25-35-34-19-10-12-23-41(34)52(42(35)26-31)47-50-45(29-14-5-3-6-15-29)49-46(51-47)30-16-7-4-8-17-30/h3-28H,1-2H3. The number of rotatable bonds is 4. The summed E-state index contributed by atoms with van der Waals surface area (Å²) in [7, 11) is 0. The van der Waals surface area contributed by atoms with Crippen LogP contribution in [0.5, 0.6) is 0 Å². The van der Waals surface area contributed by atoms with E-state index in [4.69, 9.17) is 19.4 Å². The lowest BCUT2D eigenvalue weighted by atomic mass is 9.82. The maximum Gasteiger partial charge on any atom is 0.238 e. The number of benzene rings is 7. The first-order chi connectivity index (χ1) is 26.0. The SMILES string of the molecule is CC1(C)c2ccccc2-c2cc3c(cc21)oc1c(-c2ccc4c5ccccc5n(-c5nc(-c6ccccc6)nc(-c6ccccc6)n5)c4c2)cccc13. The summed E-state index contributed by atoms with van der Waals surface area (Å²) in [6.07, 6.45) is 0. The summed E-state index contributed by atoms with van der Waals surface area (Å²) in [5.74, 6) is 1.82. The van der Waals surface area contributed by atoms with E-state index in [0.29, 0.717) is 17.6 Å². The number of nitrogens with zero attached hydrogens (tertiary/aromatic N) is 4. The topological polar surface area (TPSA) is 56.7 Å². The first-order valence-electron chi connectivity index (χ1n) is 18.0. The Morgan fingerprint density at radius 3 is 1.87 bits per heavy atom. The van der Waals surface area contributed by atoms with Gasteiger partial charge in [-0.15, -0.1) is 0 Å². The maximum absolute atomic E-state index is 6.83. The van der Waals surface area contributed by atoms with Crippen molar-refractivity contribution >= 4 is 43.7 Å². The second-order valence-electron chi connectivity index (χ2n) is 14.4. The zero-order valence-electron chi connectivity index (χ0n) is 29.2. The second-order valence-corrected chi connectivity index (χ2v) is 14.4. The zero-order chi connectivity index (χ0) is 35.3. The van der Waals surface area contributed by atoms with Crippen molar-refractivity contribution in [3.05, 3.63) is 169 Å². The van der Waals surface area contributed by atoms with Crippen LogP contribution in [0.15, 0.2) is 162 Å². The molecule has 0 unspecified atom stereocenters. The number of aromatic nitrogens is 4. The molecule has 0 aliphatic heterocycles. The van der Waals surface area contributed by atoms with Gasteiger partial charge < -0.3 is 4.42 Å². The van der Waals surface area contributed by atoms with Gasteiger partial charge in [0.1, 0.15) is 11.2 Å². The van der Waals surface area contributed by atoms with E-state index in [1.165, 1.54) is 22.3 Å². The van der Waals surface area contributed by atoms with E-state index in [9.17, 15) is 0 Å². The second kappa shape index (κ2) is 11.1. The smallest absolute Gasteiger partial charge is 0.238 e. The predicted molar refractivity (Wildman–Crippen MR) is 215 cm³/mol. The van der Waals surface area contributed by atoms with Gasteiger partial charge in [-0.2, -0.15) is 9.97 Å². The van der Waals surface area contributed by atoms with Crippen molar-refractivity contribution in [3.8, 4) is 51.0 Å². The summed E-state index contributed by atoms with van der Waals surface area (Å²) >= 11 is 0. The van der Waals surface area contributed by atoms with Crippen LogP contribution in [0.2, 0.25) is 0 Å². The minimum absolute atomic E-state index is 0.101. The molecule has 0 amide bonds. The van der Waals surface area contributed by atoms with Gasteiger partial charge in [0, 0.05) is 43.7 Å². The molecule has 0 fully saturated rings. The van der Waals surface area contributed by atoms with E-state index in [1.807, 2.05) is 60.7 Å². The van der Waals surface area contributed by atoms with Crippen LogP contribution in [0.4, 0.5) is 0 Å². The van der Waals surface area contributed by atoms with Crippen molar-refractivity contribution in [1.82, 2.24) is 19.5 Å². The van der Waals surface area contributed by atoms with E-state index in [0.717, 1.165) is 66.0 Å². The monoisotopic (exact) mass is 680 g/mol. The molecule has 0 saturated carbocycles. The molecule has 10 aromatic rings.